The summed E-state index contributed by atoms with van der Waals surface area (Å²) in [5.41, 5.74) is 2.08. The lowest BCUT2D eigenvalue weighted by molar-refractivity contribution is -0.115. The molecular formula is C18H19N5O4. The molecule has 2 aromatic carbocycles. The number of methoxy groups -OCH3 is 3. The Morgan fingerprint density at radius 2 is 1.78 bits per heavy atom. The molecule has 9 nitrogen and oxygen atoms in total. The summed E-state index contributed by atoms with van der Waals surface area (Å²) in [5, 5.41) is 13.9. The molecule has 0 saturated heterocycles. The van der Waals surface area contributed by atoms with E-state index in [-0.39, 0.29) is 12.3 Å². The molecule has 3 rings (SSSR count). The highest BCUT2D eigenvalue weighted by molar-refractivity contribution is 5.92. The normalized spacial score (nSPS) is 10.3. The zero-order chi connectivity index (χ0) is 19.2. The minimum Gasteiger partial charge on any atom is -0.494 e. The number of tetrazole rings is 1. The molecule has 0 saturated carbocycles. The molecule has 1 amide bonds. The fraction of sp³-hybridized carbons (Fsp3) is 0.222. The summed E-state index contributed by atoms with van der Waals surface area (Å²) in [6.45, 7) is 0. The second-order valence-electron chi connectivity index (χ2n) is 5.56. The van der Waals surface area contributed by atoms with Crippen LogP contribution in [-0.2, 0) is 11.2 Å². The Hall–Kier alpha value is -3.62. The third-order valence-corrected chi connectivity index (χ3v) is 3.87. The minimum absolute atomic E-state index is 0.167. The molecule has 1 N–H and O–H groups in total. The highest BCUT2D eigenvalue weighted by atomic mass is 16.5. The van der Waals surface area contributed by atoms with Gasteiger partial charge in [-0.05, 0) is 40.3 Å². The molecule has 0 bridgehead atoms. The van der Waals surface area contributed by atoms with Gasteiger partial charge in [-0.25, -0.2) is 0 Å². The molecule has 0 aliphatic carbocycles. The van der Waals surface area contributed by atoms with Gasteiger partial charge in [-0.2, -0.15) is 4.68 Å². The number of carbonyl (C=O) groups excluding carboxylic acids is 1. The summed E-state index contributed by atoms with van der Waals surface area (Å²) in [6, 6.07) is 10.6. The predicted octanol–water partition coefficient (Wildman–Crippen LogP) is 1.87. The third kappa shape index (κ3) is 4.14. The van der Waals surface area contributed by atoms with Crippen molar-refractivity contribution >= 4 is 11.6 Å². The van der Waals surface area contributed by atoms with Crippen LogP contribution in [0.5, 0.6) is 17.2 Å². The van der Waals surface area contributed by atoms with Crippen LogP contribution in [0.1, 0.15) is 5.56 Å². The van der Waals surface area contributed by atoms with Crippen molar-refractivity contribution in [3.8, 4) is 22.9 Å². The number of amides is 1. The zero-order valence-corrected chi connectivity index (χ0v) is 15.2. The van der Waals surface area contributed by atoms with Crippen LogP contribution < -0.4 is 19.5 Å². The first-order valence-corrected chi connectivity index (χ1v) is 8.06. The summed E-state index contributed by atoms with van der Waals surface area (Å²) in [4.78, 5) is 12.4. The van der Waals surface area contributed by atoms with E-state index in [0.29, 0.717) is 28.6 Å². The second kappa shape index (κ2) is 8.17. The number of carbonyl (C=O) groups is 1. The third-order valence-electron chi connectivity index (χ3n) is 3.87. The predicted molar refractivity (Wildman–Crippen MR) is 97.6 cm³/mol. The van der Waals surface area contributed by atoms with Crippen LogP contribution in [0.15, 0.2) is 42.7 Å². The average molecular weight is 369 g/mol. The molecule has 0 unspecified atom stereocenters. The van der Waals surface area contributed by atoms with E-state index in [1.807, 2.05) is 6.07 Å². The first kappa shape index (κ1) is 18.2. The van der Waals surface area contributed by atoms with E-state index in [1.165, 1.54) is 11.0 Å². The van der Waals surface area contributed by atoms with E-state index in [0.717, 1.165) is 5.56 Å². The number of rotatable bonds is 7. The summed E-state index contributed by atoms with van der Waals surface area (Å²) >= 11 is 0. The second-order valence-corrected chi connectivity index (χ2v) is 5.56. The molecule has 0 spiro atoms. The molecule has 1 heterocycles. The molecule has 9 heteroatoms. The average Bonchev–Trinajstić information content (AvgIpc) is 3.22. The van der Waals surface area contributed by atoms with E-state index in [4.69, 9.17) is 14.2 Å². The molecule has 0 radical (unpaired) electrons. The van der Waals surface area contributed by atoms with Gasteiger partial charge in [-0.1, -0.05) is 6.07 Å². The molecule has 3 aromatic rings. The summed E-state index contributed by atoms with van der Waals surface area (Å²) in [6.07, 6.45) is 1.66. The van der Waals surface area contributed by atoms with Gasteiger partial charge < -0.3 is 19.5 Å². The van der Waals surface area contributed by atoms with Gasteiger partial charge in [-0.3, -0.25) is 4.79 Å². The van der Waals surface area contributed by atoms with Gasteiger partial charge in [-0.15, -0.1) is 5.10 Å². The standard InChI is InChI=1S/C18H19N5O4/c1-25-15-7-4-12(8-17(15)27-3)9-18(24)20-13-5-6-14(16(10-13)26-2)23-11-19-21-22-23/h4-8,10-11H,9H2,1-3H3,(H,20,24). The highest BCUT2D eigenvalue weighted by Gasteiger charge is 2.11. The Bertz CT molecular complexity index is 928. The lowest BCUT2D eigenvalue weighted by Crippen LogP contribution is -2.14. The van der Waals surface area contributed by atoms with Crippen LogP contribution in [-0.4, -0.2) is 47.4 Å². The van der Waals surface area contributed by atoms with Crippen molar-refractivity contribution in [2.75, 3.05) is 26.6 Å². The van der Waals surface area contributed by atoms with Crippen LogP contribution in [0, 0.1) is 0 Å². The maximum absolute atomic E-state index is 12.4. The first-order valence-electron chi connectivity index (χ1n) is 8.06. The topological polar surface area (TPSA) is 100 Å². The molecule has 27 heavy (non-hydrogen) atoms. The van der Waals surface area contributed by atoms with Crippen molar-refractivity contribution in [2.45, 2.75) is 6.42 Å². The monoisotopic (exact) mass is 369 g/mol. The molecule has 0 aliphatic rings. The summed E-state index contributed by atoms with van der Waals surface area (Å²) < 4.78 is 17.3. The largest absolute Gasteiger partial charge is 0.494 e. The fourth-order valence-electron chi connectivity index (χ4n) is 2.60. The first-order chi connectivity index (χ1) is 13.1. The van der Waals surface area contributed by atoms with Crippen molar-refractivity contribution in [1.82, 2.24) is 20.2 Å². The van der Waals surface area contributed by atoms with Crippen molar-refractivity contribution in [3.05, 3.63) is 48.3 Å². The smallest absolute Gasteiger partial charge is 0.228 e. The molecular weight excluding hydrogens is 350 g/mol. The van der Waals surface area contributed by atoms with Crippen LogP contribution in [0.25, 0.3) is 5.69 Å². The number of nitrogens with one attached hydrogen (secondary N) is 1. The number of aromatic nitrogens is 4. The van der Waals surface area contributed by atoms with Gasteiger partial charge in [0.05, 0.1) is 27.8 Å². The number of hydrogen-bond acceptors (Lipinski definition) is 7. The van der Waals surface area contributed by atoms with E-state index < -0.39 is 0 Å². The van der Waals surface area contributed by atoms with Gasteiger partial charge in [0.25, 0.3) is 0 Å². The van der Waals surface area contributed by atoms with Gasteiger partial charge in [0.2, 0.25) is 5.91 Å². The Morgan fingerprint density at radius 3 is 2.44 bits per heavy atom. The van der Waals surface area contributed by atoms with Crippen molar-refractivity contribution in [3.63, 3.8) is 0 Å². The van der Waals surface area contributed by atoms with Gasteiger partial charge >= 0.3 is 0 Å². The Morgan fingerprint density at radius 1 is 1.00 bits per heavy atom. The molecule has 1 aromatic heterocycles. The van der Waals surface area contributed by atoms with E-state index in [9.17, 15) is 4.79 Å². The SMILES string of the molecule is COc1ccc(CC(=O)Nc2ccc(-n3cnnn3)c(OC)c2)cc1OC. The quantitative estimate of drug-likeness (QED) is 0.678. The molecule has 0 aliphatic heterocycles. The zero-order valence-electron chi connectivity index (χ0n) is 15.2. The molecule has 140 valence electrons. The number of benzene rings is 2. The number of anilines is 1. The number of hydrogen-bond donors (Lipinski definition) is 1. The Balaban J connectivity index is 1.72. The van der Waals surface area contributed by atoms with Crippen molar-refractivity contribution in [2.24, 2.45) is 0 Å². The summed E-state index contributed by atoms with van der Waals surface area (Å²) in [5.74, 6) is 1.56. The fourth-order valence-corrected chi connectivity index (χ4v) is 2.60. The lowest BCUT2D eigenvalue weighted by Gasteiger charge is -2.12. The van der Waals surface area contributed by atoms with Gasteiger partial charge in [0.1, 0.15) is 17.8 Å². The van der Waals surface area contributed by atoms with Gasteiger partial charge in [0, 0.05) is 11.8 Å². The van der Waals surface area contributed by atoms with E-state index in [2.05, 4.69) is 20.8 Å². The van der Waals surface area contributed by atoms with Crippen LogP contribution in [0.2, 0.25) is 0 Å². The van der Waals surface area contributed by atoms with Gasteiger partial charge in [0.15, 0.2) is 11.5 Å². The van der Waals surface area contributed by atoms with Crippen molar-refractivity contribution in [1.29, 1.82) is 0 Å². The van der Waals surface area contributed by atoms with Crippen LogP contribution in [0.4, 0.5) is 5.69 Å². The number of ether oxygens (including phenoxy) is 3. The maximum atomic E-state index is 12.4. The molecule has 0 fully saturated rings. The lowest BCUT2D eigenvalue weighted by atomic mass is 10.1. The minimum atomic E-state index is -0.167. The molecule has 0 atom stereocenters. The Kier molecular flexibility index (Phi) is 5.50. The Labute approximate surface area is 155 Å². The summed E-state index contributed by atoms with van der Waals surface area (Å²) in [7, 11) is 4.66. The van der Waals surface area contributed by atoms with E-state index in [1.54, 1.807) is 51.7 Å². The number of nitrogens with zero attached hydrogens (tertiary/aromatic N) is 4. The van der Waals surface area contributed by atoms with Crippen LogP contribution >= 0.6 is 0 Å². The maximum Gasteiger partial charge on any atom is 0.228 e. The van der Waals surface area contributed by atoms with E-state index >= 15 is 0 Å². The van der Waals surface area contributed by atoms with Crippen molar-refractivity contribution < 1.29 is 19.0 Å². The van der Waals surface area contributed by atoms with Crippen LogP contribution in [0.3, 0.4) is 0 Å². The highest BCUT2D eigenvalue weighted by Crippen LogP contribution is 2.28.